The molecule has 1 unspecified atom stereocenters. The zero-order valence-corrected chi connectivity index (χ0v) is 12.9. The summed E-state index contributed by atoms with van der Waals surface area (Å²) in [5, 5.41) is 11.6. The molecule has 7 heteroatoms. The third-order valence-electron chi connectivity index (χ3n) is 5.01. The van der Waals surface area contributed by atoms with Gasteiger partial charge in [0.05, 0.1) is 10.8 Å². The highest BCUT2D eigenvalue weighted by molar-refractivity contribution is 6.10. The predicted molar refractivity (Wildman–Crippen MR) is 92.4 cm³/mol. The van der Waals surface area contributed by atoms with E-state index in [1.807, 2.05) is 0 Å². The first kappa shape index (κ1) is 13.9. The van der Waals surface area contributed by atoms with Gasteiger partial charge in [-0.05, 0) is 18.2 Å². The monoisotopic (exact) mass is 332 g/mol. The van der Waals surface area contributed by atoms with Crippen molar-refractivity contribution in [3.63, 3.8) is 0 Å². The smallest absolute Gasteiger partial charge is 0.279 e. The van der Waals surface area contributed by atoms with Crippen LogP contribution in [0.3, 0.4) is 0 Å². The molecule has 0 saturated carbocycles. The zero-order chi connectivity index (χ0) is 17.3. The number of hydrogen-bond acceptors (Lipinski definition) is 4. The second-order valence-electron chi connectivity index (χ2n) is 6.26. The second kappa shape index (κ2) is 4.32. The Morgan fingerprint density at radius 1 is 0.920 bits per heavy atom. The highest BCUT2D eigenvalue weighted by Crippen LogP contribution is 2.43. The summed E-state index contributed by atoms with van der Waals surface area (Å²) in [6, 6.07) is 13.5. The molecule has 5 rings (SSSR count). The van der Waals surface area contributed by atoms with Crippen molar-refractivity contribution in [1.82, 2.24) is 9.36 Å². The van der Waals surface area contributed by atoms with Crippen LogP contribution in [-0.4, -0.2) is 21.1 Å². The summed E-state index contributed by atoms with van der Waals surface area (Å²) in [6.45, 7) is 0. The minimum absolute atomic E-state index is 0.0404. The van der Waals surface area contributed by atoms with E-state index < -0.39 is 22.6 Å². The Balaban J connectivity index is 2.01. The number of fused-ring (bicyclic) bond motifs is 5. The van der Waals surface area contributed by atoms with Crippen molar-refractivity contribution in [2.24, 2.45) is 0 Å². The van der Waals surface area contributed by atoms with Crippen molar-refractivity contribution < 1.29 is 4.79 Å². The van der Waals surface area contributed by atoms with Gasteiger partial charge in [0, 0.05) is 17.7 Å². The third-order valence-corrected chi connectivity index (χ3v) is 5.01. The molecule has 1 amide bonds. The lowest BCUT2D eigenvalue weighted by molar-refractivity contribution is -0.121. The van der Waals surface area contributed by atoms with Gasteiger partial charge in [0.1, 0.15) is 5.84 Å². The summed E-state index contributed by atoms with van der Waals surface area (Å²) >= 11 is 0. The van der Waals surface area contributed by atoms with Crippen LogP contribution in [0.15, 0.2) is 58.1 Å². The molecule has 1 spiro atoms. The van der Waals surface area contributed by atoms with Gasteiger partial charge in [-0.3, -0.25) is 19.8 Å². The molecule has 1 atom stereocenters. The van der Waals surface area contributed by atoms with E-state index in [0.717, 1.165) is 9.36 Å². The average molecular weight is 332 g/mol. The minimum atomic E-state index is -1.39. The Bertz CT molecular complexity index is 1240. The Kier molecular flexibility index (Phi) is 2.41. The number of aromatic nitrogens is 2. The fourth-order valence-corrected chi connectivity index (χ4v) is 3.93. The molecule has 0 radical (unpaired) electrons. The molecule has 2 aromatic carbocycles. The van der Waals surface area contributed by atoms with Gasteiger partial charge < -0.3 is 5.32 Å². The van der Waals surface area contributed by atoms with Gasteiger partial charge in [0.2, 0.25) is 0 Å². The summed E-state index contributed by atoms with van der Waals surface area (Å²) in [4.78, 5) is 38.9. The second-order valence-corrected chi connectivity index (χ2v) is 6.26. The highest BCUT2D eigenvalue weighted by Gasteiger charge is 2.55. The molecule has 2 N–H and O–H groups in total. The van der Waals surface area contributed by atoms with Crippen LogP contribution in [0.4, 0.5) is 5.69 Å². The minimum Gasteiger partial charge on any atom is -0.323 e. The summed E-state index contributed by atoms with van der Waals surface area (Å²) in [5.74, 6) is -0.471. The van der Waals surface area contributed by atoms with Gasteiger partial charge in [0.25, 0.3) is 17.0 Å². The van der Waals surface area contributed by atoms with Crippen LogP contribution in [-0.2, 0) is 10.3 Å². The third kappa shape index (κ3) is 1.46. The van der Waals surface area contributed by atoms with Crippen LogP contribution in [0.1, 0.15) is 12.0 Å². The molecule has 0 fully saturated rings. The Morgan fingerprint density at radius 2 is 1.56 bits per heavy atom. The number of carbonyl (C=O) groups is 1. The van der Waals surface area contributed by atoms with Crippen LogP contribution in [0.2, 0.25) is 0 Å². The lowest BCUT2D eigenvalue weighted by atomic mass is 9.88. The molecule has 1 aromatic heterocycles. The molecule has 0 saturated heterocycles. The zero-order valence-electron chi connectivity index (χ0n) is 12.9. The van der Waals surface area contributed by atoms with Crippen molar-refractivity contribution in [1.29, 1.82) is 5.41 Å². The summed E-state index contributed by atoms with van der Waals surface area (Å²) in [7, 11) is 0. The van der Waals surface area contributed by atoms with E-state index in [9.17, 15) is 14.4 Å². The topological polar surface area (TPSA) is 97.0 Å². The van der Waals surface area contributed by atoms with E-state index in [1.54, 1.807) is 48.5 Å². The van der Waals surface area contributed by atoms with Gasteiger partial charge >= 0.3 is 0 Å². The molecule has 7 nitrogen and oxygen atoms in total. The Morgan fingerprint density at radius 3 is 2.32 bits per heavy atom. The molecule has 25 heavy (non-hydrogen) atoms. The number of anilines is 1. The van der Waals surface area contributed by atoms with Crippen molar-refractivity contribution in [3.8, 4) is 0 Å². The van der Waals surface area contributed by atoms with Gasteiger partial charge in [-0.2, -0.15) is 4.68 Å². The molecule has 122 valence electrons. The predicted octanol–water partition coefficient (Wildman–Crippen LogP) is 1.09. The number of nitrogens with zero attached hydrogens (tertiary/aromatic N) is 2. The van der Waals surface area contributed by atoms with E-state index >= 15 is 0 Å². The van der Waals surface area contributed by atoms with Crippen molar-refractivity contribution in [2.75, 3.05) is 5.32 Å². The van der Waals surface area contributed by atoms with Crippen LogP contribution in [0.25, 0.3) is 10.8 Å². The summed E-state index contributed by atoms with van der Waals surface area (Å²) < 4.78 is 2.19. The lowest BCUT2D eigenvalue weighted by Crippen LogP contribution is -2.48. The van der Waals surface area contributed by atoms with E-state index in [2.05, 4.69) is 5.32 Å². The summed E-state index contributed by atoms with van der Waals surface area (Å²) in [5.41, 5.74) is -1.11. The average Bonchev–Trinajstić information content (AvgIpc) is 3.08. The molecular formula is C18H12N4O3. The fraction of sp³-hybridized carbons (Fsp3) is 0.111. The molecule has 2 aliphatic heterocycles. The van der Waals surface area contributed by atoms with Gasteiger partial charge in [-0.1, -0.05) is 30.3 Å². The van der Waals surface area contributed by atoms with Crippen LogP contribution < -0.4 is 16.4 Å². The van der Waals surface area contributed by atoms with Crippen molar-refractivity contribution in [2.45, 2.75) is 12.0 Å². The van der Waals surface area contributed by atoms with E-state index in [4.69, 9.17) is 5.41 Å². The molecule has 3 aromatic rings. The quantitative estimate of drug-likeness (QED) is 0.645. The largest absolute Gasteiger partial charge is 0.323 e. The summed E-state index contributed by atoms with van der Waals surface area (Å²) in [6.07, 6.45) is -0.0404. The molecule has 0 bridgehead atoms. The molecular weight excluding hydrogens is 320 g/mol. The van der Waals surface area contributed by atoms with Crippen LogP contribution in [0, 0.1) is 5.41 Å². The number of rotatable bonds is 0. The molecule has 2 aliphatic rings. The number of hydrogen-bond donors (Lipinski definition) is 2. The fourth-order valence-electron chi connectivity index (χ4n) is 3.93. The molecule has 0 aliphatic carbocycles. The number of nitrogens with one attached hydrogen (secondary N) is 2. The highest BCUT2D eigenvalue weighted by atomic mass is 16.2. The maximum Gasteiger partial charge on any atom is 0.279 e. The van der Waals surface area contributed by atoms with Gasteiger partial charge in [-0.25, -0.2) is 4.68 Å². The Hall–Kier alpha value is -3.48. The van der Waals surface area contributed by atoms with Gasteiger partial charge in [-0.15, -0.1) is 0 Å². The van der Waals surface area contributed by atoms with E-state index in [-0.39, 0.29) is 23.0 Å². The van der Waals surface area contributed by atoms with E-state index in [1.165, 1.54) is 0 Å². The number of benzene rings is 2. The maximum atomic E-state index is 13.2. The first-order valence-electron chi connectivity index (χ1n) is 7.82. The van der Waals surface area contributed by atoms with Crippen molar-refractivity contribution >= 4 is 28.2 Å². The first-order valence-corrected chi connectivity index (χ1v) is 7.82. The van der Waals surface area contributed by atoms with Crippen molar-refractivity contribution in [3.05, 3.63) is 74.8 Å². The number of carbonyl (C=O) groups excluding carboxylic acids is 1. The lowest BCUT2D eigenvalue weighted by Gasteiger charge is -2.23. The van der Waals surface area contributed by atoms with Gasteiger partial charge in [0.15, 0.2) is 5.54 Å². The first-order chi connectivity index (χ1) is 12.1. The van der Waals surface area contributed by atoms with Crippen LogP contribution in [0.5, 0.6) is 0 Å². The number of amides is 1. The SMILES string of the molecule is N=C1CC2(C(=O)Nc3ccccc32)n2c(=O)c3ccccc3c(=O)n21. The number of para-hydroxylation sites is 1. The molecule has 3 heterocycles. The van der Waals surface area contributed by atoms with E-state index in [0.29, 0.717) is 11.3 Å². The normalized spacial score (nSPS) is 20.8. The van der Waals surface area contributed by atoms with Crippen LogP contribution >= 0.6 is 0 Å². The Labute approximate surface area is 140 Å². The standard InChI is InChI=1S/C18H12N4O3/c19-14-9-18(12-7-3-4-8-13(12)20-17(18)25)22-16(24)11-6-2-1-5-10(11)15(23)21(14)22/h1-8,19H,9H2,(H,20,25). The maximum absolute atomic E-state index is 13.2.